The van der Waals surface area contributed by atoms with Crippen molar-refractivity contribution in [3.8, 4) is 17.2 Å². The minimum absolute atomic E-state index is 0.169. The number of nitriles is 1. The molecule has 1 heterocycles. The third-order valence-corrected chi connectivity index (χ3v) is 3.67. The molecule has 0 aliphatic rings. The quantitative estimate of drug-likeness (QED) is 0.784. The number of hydrogen-bond acceptors (Lipinski definition) is 4. The number of aromatic nitrogens is 1. The van der Waals surface area contributed by atoms with Crippen molar-refractivity contribution >= 4 is 17.6 Å². The molecule has 0 N–H and O–H groups in total. The zero-order chi connectivity index (χ0) is 18.8. The van der Waals surface area contributed by atoms with Crippen LogP contribution in [0.15, 0.2) is 35.3 Å². The second-order valence-corrected chi connectivity index (χ2v) is 7.16. The third-order valence-electron chi connectivity index (χ3n) is 3.44. The van der Waals surface area contributed by atoms with E-state index in [0.717, 1.165) is 5.56 Å². The highest BCUT2D eigenvalue weighted by Gasteiger charge is 2.18. The van der Waals surface area contributed by atoms with E-state index in [1.54, 1.807) is 45.2 Å². The molecule has 0 fully saturated rings. The Morgan fingerprint density at radius 1 is 1.28 bits per heavy atom. The first-order valence-electron chi connectivity index (χ1n) is 7.73. The van der Waals surface area contributed by atoms with Crippen molar-refractivity contribution in [2.24, 2.45) is 0 Å². The molecule has 0 amide bonds. The van der Waals surface area contributed by atoms with Gasteiger partial charge in [0.2, 0.25) is 0 Å². The summed E-state index contributed by atoms with van der Waals surface area (Å²) in [6.45, 7) is 6.94. The Morgan fingerprint density at radius 3 is 2.56 bits per heavy atom. The lowest BCUT2D eigenvalue weighted by Crippen LogP contribution is -2.30. The number of esters is 1. The van der Waals surface area contributed by atoms with Gasteiger partial charge in [-0.2, -0.15) is 5.26 Å². The maximum atomic E-state index is 12.4. The van der Waals surface area contributed by atoms with Crippen molar-refractivity contribution < 1.29 is 9.53 Å². The summed E-state index contributed by atoms with van der Waals surface area (Å²) in [5.41, 5.74) is 1.42. The van der Waals surface area contributed by atoms with Crippen LogP contribution in [0.2, 0.25) is 5.02 Å². The summed E-state index contributed by atoms with van der Waals surface area (Å²) in [6, 6.07) is 8.40. The van der Waals surface area contributed by atoms with Crippen LogP contribution in [0.4, 0.5) is 0 Å². The summed E-state index contributed by atoms with van der Waals surface area (Å²) >= 11 is 6.02. The van der Waals surface area contributed by atoms with Gasteiger partial charge in [0.25, 0.3) is 5.56 Å². The standard InChI is InChI=1S/C19H19ClN2O3/c1-12-10-22(11-18(24)25-19(2,3)4)17(23)8-15(12)16-7-14(20)6-5-13(16)9-21/h5-8,10H,11H2,1-4H3. The average Bonchev–Trinajstić information content (AvgIpc) is 2.48. The van der Waals surface area contributed by atoms with Gasteiger partial charge < -0.3 is 9.30 Å². The Hall–Kier alpha value is -2.58. The number of pyridine rings is 1. The molecule has 0 spiro atoms. The van der Waals surface area contributed by atoms with E-state index in [9.17, 15) is 14.9 Å². The number of halogens is 1. The molecule has 0 aliphatic heterocycles. The first-order chi connectivity index (χ1) is 11.6. The minimum atomic E-state index is -0.613. The van der Waals surface area contributed by atoms with Crippen LogP contribution in [-0.4, -0.2) is 16.1 Å². The molecule has 0 saturated heterocycles. The lowest BCUT2D eigenvalue weighted by Gasteiger charge is -2.20. The summed E-state index contributed by atoms with van der Waals surface area (Å²) < 4.78 is 6.54. The molecule has 6 heteroatoms. The molecular formula is C19H19ClN2O3. The van der Waals surface area contributed by atoms with Crippen LogP contribution < -0.4 is 5.56 Å². The average molecular weight is 359 g/mol. The van der Waals surface area contributed by atoms with Gasteiger partial charge in [0, 0.05) is 22.8 Å². The van der Waals surface area contributed by atoms with Gasteiger partial charge in [-0.3, -0.25) is 9.59 Å². The van der Waals surface area contributed by atoms with Gasteiger partial charge in [-0.05, 0) is 57.0 Å². The zero-order valence-electron chi connectivity index (χ0n) is 14.6. The van der Waals surface area contributed by atoms with Crippen LogP contribution in [0.25, 0.3) is 11.1 Å². The molecule has 5 nitrogen and oxygen atoms in total. The van der Waals surface area contributed by atoms with Crippen molar-refractivity contribution in [2.75, 3.05) is 0 Å². The summed E-state index contributed by atoms with van der Waals surface area (Å²) in [4.78, 5) is 24.3. The molecule has 0 unspecified atom stereocenters. The third kappa shape index (κ3) is 4.71. The maximum absolute atomic E-state index is 12.4. The van der Waals surface area contributed by atoms with Crippen molar-refractivity contribution in [3.05, 3.63) is 57.0 Å². The number of rotatable bonds is 3. The smallest absolute Gasteiger partial charge is 0.326 e. The molecule has 0 aliphatic carbocycles. The Kier molecular flexibility index (Phi) is 5.34. The summed E-state index contributed by atoms with van der Waals surface area (Å²) in [7, 11) is 0. The molecule has 1 aromatic carbocycles. The van der Waals surface area contributed by atoms with Gasteiger partial charge in [0.1, 0.15) is 12.1 Å². The lowest BCUT2D eigenvalue weighted by atomic mass is 9.98. The predicted octanol–water partition coefficient (Wildman–Crippen LogP) is 3.69. The van der Waals surface area contributed by atoms with E-state index < -0.39 is 11.6 Å². The second-order valence-electron chi connectivity index (χ2n) is 6.72. The monoisotopic (exact) mass is 358 g/mol. The van der Waals surface area contributed by atoms with Crippen LogP contribution in [0.1, 0.15) is 31.9 Å². The van der Waals surface area contributed by atoms with Gasteiger partial charge in [-0.1, -0.05) is 11.6 Å². The Balaban J connectivity index is 2.42. The highest BCUT2D eigenvalue weighted by atomic mass is 35.5. The molecule has 1 aromatic heterocycles. The SMILES string of the molecule is Cc1cn(CC(=O)OC(C)(C)C)c(=O)cc1-c1cc(Cl)ccc1C#N. The van der Waals surface area contributed by atoms with Crippen molar-refractivity contribution in [1.29, 1.82) is 5.26 Å². The first-order valence-corrected chi connectivity index (χ1v) is 8.11. The summed E-state index contributed by atoms with van der Waals surface area (Å²) in [5.74, 6) is -0.484. The topological polar surface area (TPSA) is 72.1 Å². The molecule has 2 aromatic rings. The van der Waals surface area contributed by atoms with E-state index in [2.05, 4.69) is 6.07 Å². The van der Waals surface area contributed by atoms with Gasteiger partial charge in [-0.15, -0.1) is 0 Å². The molecule has 0 atom stereocenters. The largest absolute Gasteiger partial charge is 0.459 e. The molecule has 0 radical (unpaired) electrons. The molecular weight excluding hydrogens is 340 g/mol. The van der Waals surface area contributed by atoms with Crippen LogP contribution in [0.5, 0.6) is 0 Å². The fraction of sp³-hybridized carbons (Fsp3) is 0.316. The van der Waals surface area contributed by atoms with Crippen molar-refractivity contribution in [1.82, 2.24) is 4.57 Å². The first kappa shape index (κ1) is 18.8. The fourth-order valence-corrected chi connectivity index (χ4v) is 2.62. The van der Waals surface area contributed by atoms with E-state index in [0.29, 0.717) is 21.7 Å². The second kappa shape index (κ2) is 7.12. The zero-order valence-corrected chi connectivity index (χ0v) is 15.3. The van der Waals surface area contributed by atoms with Gasteiger partial charge in [0.05, 0.1) is 11.6 Å². The fourth-order valence-electron chi connectivity index (χ4n) is 2.45. The van der Waals surface area contributed by atoms with Crippen LogP contribution in [0.3, 0.4) is 0 Å². The number of carbonyl (C=O) groups is 1. The summed E-state index contributed by atoms with van der Waals surface area (Å²) in [5, 5.41) is 9.75. The maximum Gasteiger partial charge on any atom is 0.326 e. The van der Waals surface area contributed by atoms with E-state index in [1.807, 2.05) is 6.92 Å². The number of ether oxygens (including phenoxy) is 1. The molecule has 2 rings (SSSR count). The number of benzene rings is 1. The highest BCUT2D eigenvalue weighted by molar-refractivity contribution is 6.30. The van der Waals surface area contributed by atoms with Gasteiger partial charge in [0.15, 0.2) is 0 Å². The number of nitrogens with zero attached hydrogens (tertiary/aromatic N) is 2. The summed E-state index contributed by atoms with van der Waals surface area (Å²) in [6.07, 6.45) is 1.59. The highest BCUT2D eigenvalue weighted by Crippen LogP contribution is 2.28. The van der Waals surface area contributed by atoms with E-state index >= 15 is 0 Å². The van der Waals surface area contributed by atoms with Gasteiger partial charge >= 0.3 is 5.97 Å². The Morgan fingerprint density at radius 2 is 1.96 bits per heavy atom. The molecule has 0 saturated carbocycles. The van der Waals surface area contributed by atoms with Crippen molar-refractivity contribution in [3.63, 3.8) is 0 Å². The van der Waals surface area contributed by atoms with Crippen LogP contribution >= 0.6 is 11.6 Å². The lowest BCUT2D eigenvalue weighted by molar-refractivity contribution is -0.155. The number of carbonyl (C=O) groups excluding carboxylic acids is 1. The van der Waals surface area contributed by atoms with Crippen LogP contribution in [0, 0.1) is 18.3 Å². The molecule has 25 heavy (non-hydrogen) atoms. The predicted molar refractivity (Wildman–Crippen MR) is 96.4 cm³/mol. The number of hydrogen-bond donors (Lipinski definition) is 0. The van der Waals surface area contributed by atoms with E-state index in [-0.39, 0.29) is 12.1 Å². The van der Waals surface area contributed by atoms with Crippen molar-refractivity contribution in [2.45, 2.75) is 39.8 Å². The number of aryl methyl sites for hydroxylation is 1. The Bertz CT molecular complexity index is 918. The van der Waals surface area contributed by atoms with Crippen LogP contribution in [-0.2, 0) is 16.1 Å². The minimum Gasteiger partial charge on any atom is -0.459 e. The van der Waals surface area contributed by atoms with Gasteiger partial charge in [-0.25, -0.2) is 0 Å². The normalized spacial score (nSPS) is 11.0. The molecule has 130 valence electrons. The molecule has 0 bridgehead atoms. The van der Waals surface area contributed by atoms with E-state index in [4.69, 9.17) is 16.3 Å². The Labute approximate surface area is 151 Å². The van der Waals surface area contributed by atoms with E-state index in [1.165, 1.54) is 10.6 Å².